The zero-order chi connectivity index (χ0) is 8.27. The predicted molar refractivity (Wildman–Crippen MR) is 44.4 cm³/mol. The second-order valence-corrected chi connectivity index (χ2v) is 3.06. The quantitative estimate of drug-likeness (QED) is 0.585. The molecule has 11 heavy (non-hydrogen) atoms. The lowest BCUT2D eigenvalue weighted by Crippen LogP contribution is -2.37. The van der Waals surface area contributed by atoms with Gasteiger partial charge < -0.3 is 10.6 Å². The molecule has 2 amide bonds. The summed E-state index contributed by atoms with van der Waals surface area (Å²) in [7, 11) is 0. The second kappa shape index (κ2) is 3.42. The molecule has 0 radical (unpaired) electrons. The number of rotatable bonds is 3. The molecular formula is C8H14N2O. The van der Waals surface area contributed by atoms with E-state index in [1.54, 1.807) is 0 Å². The van der Waals surface area contributed by atoms with E-state index in [0.717, 1.165) is 18.4 Å². The molecule has 62 valence electrons. The summed E-state index contributed by atoms with van der Waals surface area (Å²) < 4.78 is 0. The van der Waals surface area contributed by atoms with Gasteiger partial charge in [0.05, 0.1) is 0 Å². The van der Waals surface area contributed by atoms with Gasteiger partial charge in [0, 0.05) is 12.6 Å². The molecule has 0 heterocycles. The van der Waals surface area contributed by atoms with Crippen LogP contribution in [0.25, 0.3) is 0 Å². The minimum Gasteiger partial charge on any atom is -0.335 e. The highest BCUT2D eigenvalue weighted by Crippen LogP contribution is 2.18. The van der Waals surface area contributed by atoms with Crippen molar-refractivity contribution in [2.75, 3.05) is 6.54 Å². The minimum atomic E-state index is -0.0736. The molecule has 0 aliphatic heterocycles. The largest absolute Gasteiger partial charge is 0.335 e. The molecule has 1 saturated carbocycles. The Bertz CT molecular complexity index is 173. The van der Waals surface area contributed by atoms with Crippen LogP contribution in [0.5, 0.6) is 0 Å². The van der Waals surface area contributed by atoms with E-state index in [1.165, 1.54) is 0 Å². The second-order valence-electron chi connectivity index (χ2n) is 3.06. The van der Waals surface area contributed by atoms with Crippen molar-refractivity contribution in [2.45, 2.75) is 25.8 Å². The smallest absolute Gasteiger partial charge is 0.315 e. The molecule has 0 unspecified atom stereocenters. The van der Waals surface area contributed by atoms with Crippen molar-refractivity contribution in [1.29, 1.82) is 0 Å². The number of hydrogen-bond donors (Lipinski definition) is 2. The fourth-order valence-electron chi connectivity index (χ4n) is 0.695. The van der Waals surface area contributed by atoms with Crippen LogP contribution in [0.1, 0.15) is 19.8 Å². The zero-order valence-corrected chi connectivity index (χ0v) is 6.81. The van der Waals surface area contributed by atoms with E-state index in [4.69, 9.17) is 0 Å². The molecule has 0 bridgehead atoms. The maximum atomic E-state index is 10.9. The lowest BCUT2D eigenvalue weighted by atomic mass is 10.3. The number of carbonyl (C=O) groups excluding carboxylic acids is 1. The van der Waals surface area contributed by atoms with Gasteiger partial charge >= 0.3 is 6.03 Å². The number of nitrogens with one attached hydrogen (secondary N) is 2. The van der Waals surface area contributed by atoms with Gasteiger partial charge in [-0.3, -0.25) is 0 Å². The van der Waals surface area contributed by atoms with E-state index in [2.05, 4.69) is 17.2 Å². The van der Waals surface area contributed by atoms with Crippen molar-refractivity contribution in [1.82, 2.24) is 10.6 Å². The van der Waals surface area contributed by atoms with Gasteiger partial charge in [-0.15, -0.1) is 0 Å². The Morgan fingerprint density at radius 2 is 2.27 bits per heavy atom. The lowest BCUT2D eigenvalue weighted by Gasteiger charge is -2.04. The van der Waals surface area contributed by atoms with E-state index in [1.807, 2.05) is 6.92 Å². The summed E-state index contributed by atoms with van der Waals surface area (Å²) in [6.07, 6.45) is 2.25. The summed E-state index contributed by atoms with van der Waals surface area (Å²) in [4.78, 5) is 10.9. The van der Waals surface area contributed by atoms with Crippen LogP contribution in [0.3, 0.4) is 0 Å². The molecule has 0 aromatic rings. The molecule has 0 aromatic heterocycles. The average Bonchev–Trinajstić information content (AvgIpc) is 2.67. The van der Waals surface area contributed by atoms with E-state index < -0.39 is 0 Å². The fraction of sp³-hybridized carbons (Fsp3) is 0.625. The first-order valence-electron chi connectivity index (χ1n) is 3.87. The molecule has 0 spiro atoms. The Morgan fingerprint density at radius 1 is 1.64 bits per heavy atom. The van der Waals surface area contributed by atoms with Crippen molar-refractivity contribution < 1.29 is 4.79 Å². The number of urea groups is 1. The first kappa shape index (κ1) is 8.11. The van der Waals surface area contributed by atoms with Crippen molar-refractivity contribution in [3.8, 4) is 0 Å². The third-order valence-corrected chi connectivity index (χ3v) is 1.46. The van der Waals surface area contributed by atoms with Crippen LogP contribution in [0.2, 0.25) is 0 Å². The van der Waals surface area contributed by atoms with Gasteiger partial charge in [0.15, 0.2) is 0 Å². The summed E-state index contributed by atoms with van der Waals surface area (Å²) in [5.74, 6) is 0. The molecule has 0 saturated heterocycles. The summed E-state index contributed by atoms with van der Waals surface area (Å²) in [5, 5.41) is 5.52. The van der Waals surface area contributed by atoms with Crippen molar-refractivity contribution in [2.24, 2.45) is 0 Å². The molecular weight excluding hydrogens is 140 g/mol. The van der Waals surface area contributed by atoms with Gasteiger partial charge in [-0.25, -0.2) is 4.79 Å². The van der Waals surface area contributed by atoms with Gasteiger partial charge in [-0.2, -0.15) is 0 Å². The third kappa shape index (κ3) is 3.65. The molecule has 0 atom stereocenters. The Labute approximate surface area is 66.9 Å². The Kier molecular flexibility index (Phi) is 2.52. The van der Waals surface area contributed by atoms with Crippen molar-refractivity contribution in [3.05, 3.63) is 12.2 Å². The van der Waals surface area contributed by atoms with Crippen LogP contribution in [-0.2, 0) is 0 Å². The number of carbonyl (C=O) groups is 1. The molecule has 0 aromatic carbocycles. The standard InChI is InChI=1S/C8H14N2O/c1-6(2)5-9-8(11)10-7-3-4-7/h7H,1,3-5H2,2H3,(H2,9,10,11). The van der Waals surface area contributed by atoms with E-state index >= 15 is 0 Å². The normalized spacial score (nSPS) is 15.7. The van der Waals surface area contributed by atoms with E-state index in [0.29, 0.717) is 12.6 Å². The number of hydrogen-bond acceptors (Lipinski definition) is 1. The zero-order valence-electron chi connectivity index (χ0n) is 6.81. The van der Waals surface area contributed by atoms with E-state index in [9.17, 15) is 4.79 Å². The van der Waals surface area contributed by atoms with Crippen LogP contribution < -0.4 is 10.6 Å². The molecule has 1 fully saturated rings. The van der Waals surface area contributed by atoms with Crippen molar-refractivity contribution >= 4 is 6.03 Å². The molecule has 3 nitrogen and oxygen atoms in total. The summed E-state index contributed by atoms with van der Waals surface area (Å²) in [6, 6.07) is 0.357. The molecule has 1 rings (SSSR count). The minimum absolute atomic E-state index is 0.0736. The monoisotopic (exact) mass is 154 g/mol. The molecule has 1 aliphatic rings. The van der Waals surface area contributed by atoms with Gasteiger partial charge in [0.1, 0.15) is 0 Å². The Hall–Kier alpha value is -0.990. The number of amides is 2. The van der Waals surface area contributed by atoms with Crippen LogP contribution in [0, 0.1) is 0 Å². The van der Waals surface area contributed by atoms with Gasteiger partial charge in [0.25, 0.3) is 0 Å². The Balaban J connectivity index is 2.04. The van der Waals surface area contributed by atoms with Crippen molar-refractivity contribution in [3.63, 3.8) is 0 Å². The van der Waals surface area contributed by atoms with Gasteiger partial charge in [-0.1, -0.05) is 12.2 Å². The predicted octanol–water partition coefficient (Wildman–Crippen LogP) is 1.02. The average molecular weight is 154 g/mol. The van der Waals surface area contributed by atoms with Crippen LogP contribution >= 0.6 is 0 Å². The van der Waals surface area contributed by atoms with Crippen LogP contribution in [0.4, 0.5) is 4.79 Å². The SMILES string of the molecule is C=C(C)CNC(=O)NC1CC1. The maximum absolute atomic E-state index is 10.9. The third-order valence-electron chi connectivity index (χ3n) is 1.46. The summed E-state index contributed by atoms with van der Waals surface area (Å²) >= 11 is 0. The summed E-state index contributed by atoms with van der Waals surface area (Å²) in [5.41, 5.74) is 0.968. The van der Waals surface area contributed by atoms with Crippen LogP contribution in [-0.4, -0.2) is 18.6 Å². The summed E-state index contributed by atoms with van der Waals surface area (Å²) in [6.45, 7) is 6.13. The molecule has 3 heteroatoms. The Morgan fingerprint density at radius 3 is 2.73 bits per heavy atom. The van der Waals surface area contributed by atoms with Crippen LogP contribution in [0.15, 0.2) is 12.2 Å². The maximum Gasteiger partial charge on any atom is 0.315 e. The first-order valence-corrected chi connectivity index (χ1v) is 3.87. The van der Waals surface area contributed by atoms with Gasteiger partial charge in [0.2, 0.25) is 0 Å². The van der Waals surface area contributed by atoms with E-state index in [-0.39, 0.29) is 6.03 Å². The van der Waals surface area contributed by atoms with Gasteiger partial charge in [-0.05, 0) is 19.8 Å². The fourth-order valence-corrected chi connectivity index (χ4v) is 0.695. The first-order chi connectivity index (χ1) is 5.18. The topological polar surface area (TPSA) is 41.1 Å². The highest BCUT2D eigenvalue weighted by molar-refractivity contribution is 5.74. The lowest BCUT2D eigenvalue weighted by molar-refractivity contribution is 0.241. The highest BCUT2D eigenvalue weighted by Gasteiger charge is 2.22. The molecule has 1 aliphatic carbocycles. The highest BCUT2D eigenvalue weighted by atomic mass is 16.2. The molecule has 2 N–H and O–H groups in total.